The van der Waals surface area contributed by atoms with Crippen LogP contribution in [0.2, 0.25) is 0 Å². The number of thiocarbonyl (C=S) groups is 1. The van der Waals surface area contributed by atoms with Crippen LogP contribution in [0.4, 0.5) is 5.69 Å². The molecule has 0 unspecified atom stereocenters. The van der Waals surface area contributed by atoms with Crippen molar-refractivity contribution in [1.29, 1.82) is 0 Å². The average molecular weight is 302 g/mol. The molecule has 0 atom stereocenters. The SMILES string of the molecule is Cc1ccc(C(=S)NCc2cccc([N+](=O)[O-])c2)c(O)c1. The summed E-state index contributed by atoms with van der Waals surface area (Å²) in [4.78, 5) is 10.7. The van der Waals surface area contributed by atoms with E-state index in [-0.39, 0.29) is 11.4 Å². The molecule has 0 aliphatic heterocycles. The first-order chi connectivity index (χ1) is 9.97. The monoisotopic (exact) mass is 302 g/mol. The fourth-order valence-corrected chi connectivity index (χ4v) is 2.14. The molecule has 0 saturated carbocycles. The van der Waals surface area contributed by atoms with Gasteiger partial charge in [-0.2, -0.15) is 0 Å². The van der Waals surface area contributed by atoms with E-state index in [4.69, 9.17) is 12.2 Å². The van der Waals surface area contributed by atoms with Crippen LogP contribution in [0.1, 0.15) is 16.7 Å². The Hall–Kier alpha value is -2.47. The van der Waals surface area contributed by atoms with Crippen molar-refractivity contribution in [2.24, 2.45) is 0 Å². The van der Waals surface area contributed by atoms with Crippen molar-refractivity contribution in [3.63, 3.8) is 0 Å². The Labute approximate surface area is 127 Å². The zero-order valence-corrected chi connectivity index (χ0v) is 12.2. The maximum absolute atomic E-state index is 10.7. The minimum Gasteiger partial charge on any atom is -0.507 e. The number of nitrogens with one attached hydrogen (secondary N) is 1. The highest BCUT2D eigenvalue weighted by Crippen LogP contribution is 2.19. The number of phenols is 1. The van der Waals surface area contributed by atoms with Gasteiger partial charge in [-0.05, 0) is 30.2 Å². The number of nitro groups is 1. The number of phenolic OH excluding ortho intramolecular Hbond substituents is 1. The molecule has 21 heavy (non-hydrogen) atoms. The van der Waals surface area contributed by atoms with Gasteiger partial charge < -0.3 is 10.4 Å². The van der Waals surface area contributed by atoms with E-state index < -0.39 is 4.92 Å². The van der Waals surface area contributed by atoms with Crippen LogP contribution < -0.4 is 5.32 Å². The Morgan fingerprint density at radius 3 is 2.76 bits per heavy atom. The molecule has 0 spiro atoms. The molecule has 0 aromatic heterocycles. The van der Waals surface area contributed by atoms with E-state index in [1.807, 2.05) is 13.0 Å². The largest absolute Gasteiger partial charge is 0.507 e. The van der Waals surface area contributed by atoms with Gasteiger partial charge in [0, 0.05) is 18.7 Å². The minimum atomic E-state index is -0.437. The first kappa shape index (κ1) is 14.9. The predicted octanol–water partition coefficient (Wildman–Crippen LogP) is 3.07. The third kappa shape index (κ3) is 3.76. The van der Waals surface area contributed by atoms with Gasteiger partial charge in [-0.25, -0.2) is 0 Å². The summed E-state index contributed by atoms with van der Waals surface area (Å²) in [6.07, 6.45) is 0. The number of aromatic hydroxyl groups is 1. The molecule has 2 N–H and O–H groups in total. The van der Waals surface area contributed by atoms with E-state index in [9.17, 15) is 15.2 Å². The molecule has 0 heterocycles. The molecular weight excluding hydrogens is 288 g/mol. The highest BCUT2D eigenvalue weighted by Gasteiger charge is 2.09. The molecule has 108 valence electrons. The Morgan fingerprint density at radius 2 is 2.10 bits per heavy atom. The number of benzene rings is 2. The summed E-state index contributed by atoms with van der Waals surface area (Å²) in [6.45, 7) is 2.23. The maximum Gasteiger partial charge on any atom is 0.269 e. The molecule has 6 heteroatoms. The van der Waals surface area contributed by atoms with E-state index in [2.05, 4.69) is 5.32 Å². The van der Waals surface area contributed by atoms with Gasteiger partial charge in [-0.3, -0.25) is 10.1 Å². The molecular formula is C15H14N2O3S. The normalized spacial score (nSPS) is 10.1. The smallest absolute Gasteiger partial charge is 0.269 e. The Balaban J connectivity index is 2.07. The number of nitro benzene ring substituents is 1. The Kier molecular flexibility index (Phi) is 4.49. The molecule has 0 bridgehead atoms. The number of nitrogens with zero attached hydrogens (tertiary/aromatic N) is 1. The molecule has 0 aliphatic rings. The number of rotatable bonds is 4. The van der Waals surface area contributed by atoms with E-state index in [0.717, 1.165) is 11.1 Å². The number of non-ortho nitro benzene ring substituents is 1. The van der Waals surface area contributed by atoms with Crippen LogP contribution in [0.3, 0.4) is 0 Å². The molecule has 0 radical (unpaired) electrons. The highest BCUT2D eigenvalue weighted by atomic mass is 32.1. The zero-order chi connectivity index (χ0) is 15.4. The second-order valence-electron chi connectivity index (χ2n) is 4.63. The molecule has 2 aromatic carbocycles. The van der Waals surface area contributed by atoms with Gasteiger partial charge in [0.15, 0.2) is 0 Å². The maximum atomic E-state index is 10.7. The molecule has 0 aliphatic carbocycles. The topological polar surface area (TPSA) is 75.4 Å². The van der Waals surface area contributed by atoms with Gasteiger partial charge in [0.25, 0.3) is 5.69 Å². The lowest BCUT2D eigenvalue weighted by molar-refractivity contribution is -0.384. The summed E-state index contributed by atoms with van der Waals surface area (Å²) in [5.74, 6) is 0.117. The van der Waals surface area contributed by atoms with E-state index >= 15 is 0 Å². The highest BCUT2D eigenvalue weighted by molar-refractivity contribution is 7.80. The van der Waals surface area contributed by atoms with Crippen molar-refractivity contribution in [1.82, 2.24) is 5.32 Å². The Morgan fingerprint density at radius 1 is 1.33 bits per heavy atom. The lowest BCUT2D eigenvalue weighted by atomic mass is 10.1. The van der Waals surface area contributed by atoms with Crippen LogP contribution in [0.25, 0.3) is 0 Å². The molecule has 2 aromatic rings. The molecule has 2 rings (SSSR count). The summed E-state index contributed by atoms with van der Waals surface area (Å²) < 4.78 is 0. The Bertz CT molecular complexity index is 701. The van der Waals surface area contributed by atoms with Crippen LogP contribution in [0.15, 0.2) is 42.5 Å². The van der Waals surface area contributed by atoms with Gasteiger partial charge in [-0.15, -0.1) is 0 Å². The van der Waals surface area contributed by atoms with Crippen LogP contribution in [0.5, 0.6) is 5.75 Å². The van der Waals surface area contributed by atoms with Crippen LogP contribution in [-0.2, 0) is 6.54 Å². The van der Waals surface area contributed by atoms with Crippen molar-refractivity contribution in [2.45, 2.75) is 13.5 Å². The second-order valence-corrected chi connectivity index (χ2v) is 5.04. The number of hydrogen-bond acceptors (Lipinski definition) is 4. The molecule has 0 amide bonds. The second kappa shape index (κ2) is 6.32. The summed E-state index contributed by atoms with van der Waals surface area (Å²) in [5.41, 5.74) is 2.27. The summed E-state index contributed by atoms with van der Waals surface area (Å²) in [7, 11) is 0. The third-order valence-electron chi connectivity index (χ3n) is 2.97. The quantitative estimate of drug-likeness (QED) is 0.516. The van der Waals surface area contributed by atoms with E-state index in [1.165, 1.54) is 12.1 Å². The standard InChI is InChI=1S/C15H14N2O3S/c1-10-5-6-13(14(18)7-10)15(21)16-9-11-3-2-4-12(8-11)17(19)20/h2-8,18H,9H2,1H3,(H,16,21). The third-order valence-corrected chi connectivity index (χ3v) is 3.34. The molecule has 5 nitrogen and oxygen atoms in total. The fraction of sp³-hybridized carbons (Fsp3) is 0.133. The van der Waals surface area contributed by atoms with Gasteiger partial charge >= 0.3 is 0 Å². The summed E-state index contributed by atoms with van der Waals surface area (Å²) in [6, 6.07) is 11.6. The fourth-order valence-electron chi connectivity index (χ4n) is 1.89. The lowest BCUT2D eigenvalue weighted by Gasteiger charge is -2.10. The first-order valence-corrected chi connectivity index (χ1v) is 6.69. The predicted molar refractivity (Wildman–Crippen MR) is 84.5 cm³/mol. The molecule has 0 fully saturated rings. The van der Waals surface area contributed by atoms with Gasteiger partial charge in [0.2, 0.25) is 0 Å². The lowest BCUT2D eigenvalue weighted by Crippen LogP contribution is -2.21. The zero-order valence-electron chi connectivity index (χ0n) is 11.4. The first-order valence-electron chi connectivity index (χ1n) is 6.28. The summed E-state index contributed by atoms with van der Waals surface area (Å²) >= 11 is 5.23. The van der Waals surface area contributed by atoms with Crippen molar-refractivity contribution in [3.8, 4) is 5.75 Å². The van der Waals surface area contributed by atoms with Gasteiger partial charge in [-0.1, -0.05) is 30.4 Å². The van der Waals surface area contributed by atoms with Crippen LogP contribution >= 0.6 is 12.2 Å². The van der Waals surface area contributed by atoms with E-state index in [0.29, 0.717) is 17.1 Å². The average Bonchev–Trinajstić information content (AvgIpc) is 2.45. The minimum absolute atomic E-state index is 0.0402. The van der Waals surface area contributed by atoms with Crippen LogP contribution in [-0.4, -0.2) is 15.0 Å². The van der Waals surface area contributed by atoms with Gasteiger partial charge in [0.05, 0.1) is 10.5 Å². The number of aryl methyl sites for hydroxylation is 1. The van der Waals surface area contributed by atoms with Crippen molar-refractivity contribution in [2.75, 3.05) is 0 Å². The van der Waals surface area contributed by atoms with Crippen LogP contribution in [0, 0.1) is 17.0 Å². The van der Waals surface area contributed by atoms with E-state index in [1.54, 1.807) is 24.3 Å². The summed E-state index contributed by atoms with van der Waals surface area (Å²) in [5, 5.41) is 23.6. The molecule has 0 saturated heterocycles. The van der Waals surface area contributed by atoms with Crippen molar-refractivity contribution < 1.29 is 10.0 Å². The van der Waals surface area contributed by atoms with Crippen molar-refractivity contribution >= 4 is 22.9 Å². The number of hydrogen-bond donors (Lipinski definition) is 2. The van der Waals surface area contributed by atoms with Gasteiger partial charge in [0.1, 0.15) is 10.7 Å². The van der Waals surface area contributed by atoms with Crippen molar-refractivity contribution in [3.05, 3.63) is 69.3 Å².